The maximum atomic E-state index is 12.5. The summed E-state index contributed by atoms with van der Waals surface area (Å²) in [4.78, 5) is 0.111. The minimum absolute atomic E-state index is 0.0739. The van der Waals surface area contributed by atoms with E-state index < -0.39 is 16.6 Å². The molecule has 1 N–H and O–H groups in total. The molecular weight excluding hydrogens is 340 g/mol. The van der Waals surface area contributed by atoms with E-state index in [0.717, 1.165) is 11.6 Å². The lowest BCUT2D eigenvalue weighted by Crippen LogP contribution is -2.14. The molecule has 0 heterocycles. The van der Waals surface area contributed by atoms with Crippen molar-refractivity contribution in [2.75, 3.05) is 11.8 Å². The normalized spacial score (nSPS) is 11.4. The first-order valence-corrected chi connectivity index (χ1v) is 8.44. The van der Waals surface area contributed by atoms with Crippen molar-refractivity contribution in [3.63, 3.8) is 0 Å². The maximum Gasteiger partial charge on any atom is 0.387 e. The summed E-state index contributed by atoms with van der Waals surface area (Å²) in [5, 5.41) is 0. The molecule has 0 atom stereocenters. The fourth-order valence-corrected chi connectivity index (χ4v) is 3.52. The van der Waals surface area contributed by atoms with Crippen molar-refractivity contribution in [1.29, 1.82) is 0 Å². The first-order valence-electron chi connectivity index (χ1n) is 6.96. The Morgan fingerprint density at radius 1 is 1.04 bits per heavy atom. The quantitative estimate of drug-likeness (QED) is 0.856. The Bertz CT molecular complexity index is 838. The van der Waals surface area contributed by atoms with Gasteiger partial charge in [0.15, 0.2) is 11.5 Å². The molecule has 0 aromatic heterocycles. The zero-order chi connectivity index (χ0) is 17.9. The Labute approximate surface area is 139 Å². The van der Waals surface area contributed by atoms with Crippen molar-refractivity contribution in [3.05, 3.63) is 47.5 Å². The Morgan fingerprint density at radius 2 is 1.75 bits per heavy atom. The summed E-state index contributed by atoms with van der Waals surface area (Å²) in [6.07, 6.45) is 0. The van der Waals surface area contributed by atoms with Crippen LogP contribution in [0.15, 0.2) is 41.3 Å². The number of methoxy groups -OCH3 is 1. The number of sulfonamides is 1. The highest BCUT2D eigenvalue weighted by molar-refractivity contribution is 7.92. The van der Waals surface area contributed by atoms with Crippen molar-refractivity contribution in [3.8, 4) is 11.5 Å². The number of rotatable bonds is 6. The van der Waals surface area contributed by atoms with E-state index >= 15 is 0 Å². The smallest absolute Gasteiger partial charge is 0.387 e. The van der Waals surface area contributed by atoms with Crippen LogP contribution in [-0.2, 0) is 10.0 Å². The second kappa shape index (κ2) is 7.04. The molecule has 24 heavy (non-hydrogen) atoms. The third-order valence-electron chi connectivity index (χ3n) is 3.25. The topological polar surface area (TPSA) is 64.6 Å². The van der Waals surface area contributed by atoms with E-state index in [9.17, 15) is 17.2 Å². The number of hydrogen-bond acceptors (Lipinski definition) is 4. The van der Waals surface area contributed by atoms with Crippen LogP contribution in [0.4, 0.5) is 14.5 Å². The Balaban J connectivity index is 2.35. The van der Waals surface area contributed by atoms with E-state index in [1.165, 1.54) is 25.3 Å². The lowest BCUT2D eigenvalue weighted by atomic mass is 10.2. The summed E-state index contributed by atoms with van der Waals surface area (Å²) in [5.41, 5.74) is 1.61. The summed E-state index contributed by atoms with van der Waals surface area (Å²) in [6.45, 7) is 0.486. The molecule has 0 fully saturated rings. The second-order valence-electron chi connectivity index (χ2n) is 5.12. The molecule has 0 bridgehead atoms. The highest BCUT2D eigenvalue weighted by atomic mass is 32.2. The van der Waals surface area contributed by atoms with Crippen LogP contribution in [0.25, 0.3) is 0 Å². The molecule has 2 aromatic carbocycles. The fraction of sp³-hybridized carbons (Fsp3) is 0.250. The van der Waals surface area contributed by atoms with Gasteiger partial charge in [-0.25, -0.2) is 8.42 Å². The summed E-state index contributed by atoms with van der Waals surface area (Å²) >= 11 is 0. The number of benzene rings is 2. The molecule has 0 unspecified atom stereocenters. The van der Waals surface area contributed by atoms with Gasteiger partial charge in [0, 0.05) is 6.07 Å². The number of hydrogen-bond donors (Lipinski definition) is 1. The van der Waals surface area contributed by atoms with Crippen LogP contribution in [0.1, 0.15) is 11.1 Å². The molecule has 2 aromatic rings. The van der Waals surface area contributed by atoms with Crippen LogP contribution in [0.3, 0.4) is 0 Å². The van der Waals surface area contributed by atoms with Crippen LogP contribution in [0.5, 0.6) is 11.5 Å². The van der Waals surface area contributed by atoms with Crippen LogP contribution in [0.2, 0.25) is 0 Å². The molecule has 0 spiro atoms. The number of nitrogens with one attached hydrogen (secondary N) is 1. The van der Waals surface area contributed by atoms with Crippen molar-refractivity contribution >= 4 is 15.7 Å². The van der Waals surface area contributed by atoms with Crippen molar-refractivity contribution in [2.45, 2.75) is 25.4 Å². The van der Waals surface area contributed by atoms with Gasteiger partial charge in [-0.2, -0.15) is 8.78 Å². The van der Waals surface area contributed by atoms with Crippen LogP contribution in [-0.4, -0.2) is 22.1 Å². The minimum Gasteiger partial charge on any atom is -0.493 e. The molecule has 0 amide bonds. The van der Waals surface area contributed by atoms with Gasteiger partial charge < -0.3 is 9.47 Å². The monoisotopic (exact) mass is 357 g/mol. The highest BCUT2D eigenvalue weighted by Gasteiger charge is 2.18. The molecule has 0 saturated carbocycles. The highest BCUT2D eigenvalue weighted by Crippen LogP contribution is 2.32. The molecular formula is C16H17F2NO4S. The third kappa shape index (κ3) is 4.14. The first-order chi connectivity index (χ1) is 11.2. The van der Waals surface area contributed by atoms with Gasteiger partial charge in [-0.15, -0.1) is 0 Å². The Morgan fingerprint density at radius 3 is 2.33 bits per heavy atom. The molecule has 2 rings (SSSR count). The molecule has 0 aliphatic carbocycles. The maximum absolute atomic E-state index is 12.5. The number of halogens is 2. The standard InChI is InChI=1S/C16H17F2NO4S/c1-10-4-7-15(11(2)8-10)24(20,21)19-12-5-6-13(22-3)14(9-12)23-16(17)18/h4-9,16,19H,1-3H3. The Kier molecular flexibility index (Phi) is 5.28. The van der Waals surface area contributed by atoms with Crippen molar-refractivity contribution in [1.82, 2.24) is 0 Å². The molecule has 8 heteroatoms. The summed E-state index contributed by atoms with van der Waals surface area (Å²) in [6, 6.07) is 8.81. The zero-order valence-electron chi connectivity index (χ0n) is 13.3. The van der Waals surface area contributed by atoms with Gasteiger partial charge >= 0.3 is 6.61 Å². The number of anilines is 1. The fourth-order valence-electron chi connectivity index (χ4n) is 2.24. The summed E-state index contributed by atoms with van der Waals surface area (Å²) in [5.74, 6) is -0.182. The van der Waals surface area contributed by atoms with Crippen molar-refractivity contribution in [2.24, 2.45) is 0 Å². The first kappa shape index (κ1) is 18.0. The number of ether oxygens (including phenoxy) is 2. The predicted octanol–water partition coefficient (Wildman–Crippen LogP) is 3.71. The van der Waals surface area contributed by atoms with Crippen LogP contribution < -0.4 is 14.2 Å². The Hall–Kier alpha value is -2.35. The van der Waals surface area contributed by atoms with E-state index in [0.29, 0.717) is 5.56 Å². The molecule has 0 saturated heterocycles. The SMILES string of the molecule is COc1ccc(NS(=O)(=O)c2ccc(C)cc2C)cc1OC(F)F. The van der Waals surface area contributed by atoms with Crippen molar-refractivity contribution < 1.29 is 26.7 Å². The summed E-state index contributed by atoms with van der Waals surface area (Å²) in [7, 11) is -2.56. The predicted molar refractivity (Wildman–Crippen MR) is 86.4 cm³/mol. The minimum atomic E-state index is -3.86. The third-order valence-corrected chi connectivity index (χ3v) is 4.79. The van der Waals surface area contributed by atoms with Gasteiger partial charge in [0.1, 0.15) is 0 Å². The largest absolute Gasteiger partial charge is 0.493 e. The van der Waals surface area contributed by atoms with Gasteiger partial charge in [-0.3, -0.25) is 4.72 Å². The zero-order valence-corrected chi connectivity index (χ0v) is 14.2. The average molecular weight is 357 g/mol. The average Bonchev–Trinajstić information content (AvgIpc) is 2.46. The lowest BCUT2D eigenvalue weighted by Gasteiger charge is -2.14. The molecule has 0 aliphatic heterocycles. The van der Waals surface area contributed by atoms with E-state index in [1.807, 2.05) is 6.92 Å². The number of aryl methyl sites for hydroxylation is 2. The van der Waals surface area contributed by atoms with E-state index in [-0.39, 0.29) is 22.1 Å². The van der Waals surface area contributed by atoms with E-state index in [2.05, 4.69) is 9.46 Å². The second-order valence-corrected chi connectivity index (χ2v) is 6.77. The van der Waals surface area contributed by atoms with Gasteiger partial charge in [0.2, 0.25) is 0 Å². The lowest BCUT2D eigenvalue weighted by molar-refractivity contribution is -0.0511. The van der Waals surface area contributed by atoms with Gasteiger partial charge in [-0.05, 0) is 37.6 Å². The van der Waals surface area contributed by atoms with Crippen LogP contribution >= 0.6 is 0 Å². The van der Waals surface area contributed by atoms with Gasteiger partial charge in [0.05, 0.1) is 17.7 Å². The summed E-state index contributed by atoms with van der Waals surface area (Å²) < 4.78 is 61.5. The van der Waals surface area contributed by atoms with Crippen LogP contribution in [0, 0.1) is 13.8 Å². The molecule has 0 aliphatic rings. The van der Waals surface area contributed by atoms with E-state index in [1.54, 1.807) is 19.1 Å². The molecule has 130 valence electrons. The van der Waals surface area contributed by atoms with Gasteiger partial charge in [-0.1, -0.05) is 17.7 Å². The molecule has 5 nitrogen and oxygen atoms in total. The molecule has 0 radical (unpaired) electrons. The number of alkyl halides is 2. The van der Waals surface area contributed by atoms with E-state index in [4.69, 9.17) is 4.74 Å². The van der Waals surface area contributed by atoms with Gasteiger partial charge in [0.25, 0.3) is 10.0 Å².